The average Bonchev–Trinajstić information content (AvgIpc) is 2.81. The maximum Gasteiger partial charge on any atom is 0.287 e. The largest absolute Gasteiger partial charge is 0.493 e. The van der Waals surface area contributed by atoms with Gasteiger partial charge < -0.3 is 14.2 Å². The molecule has 18 heavy (non-hydrogen) atoms. The van der Waals surface area contributed by atoms with E-state index in [1.54, 1.807) is 6.07 Å². The number of benzene rings is 1. The van der Waals surface area contributed by atoms with Crippen molar-refractivity contribution in [1.29, 1.82) is 0 Å². The zero-order valence-electron chi connectivity index (χ0n) is 9.72. The molecule has 7 heteroatoms. The Hall–Kier alpha value is -1.34. The summed E-state index contributed by atoms with van der Waals surface area (Å²) >= 11 is 3.15. The molecular weight excluding hydrogens is 306 g/mol. The van der Waals surface area contributed by atoms with Crippen LogP contribution in [0.25, 0.3) is 0 Å². The third-order valence-corrected chi connectivity index (χ3v) is 3.25. The Kier molecular flexibility index (Phi) is 4.03. The van der Waals surface area contributed by atoms with E-state index in [4.69, 9.17) is 14.2 Å². The van der Waals surface area contributed by atoms with Crippen LogP contribution in [0, 0.1) is 10.1 Å². The molecule has 1 heterocycles. The van der Waals surface area contributed by atoms with Gasteiger partial charge in [0.25, 0.3) is 5.69 Å². The molecule has 98 valence electrons. The van der Waals surface area contributed by atoms with Gasteiger partial charge >= 0.3 is 0 Å². The van der Waals surface area contributed by atoms with Crippen molar-refractivity contribution in [3.05, 3.63) is 26.7 Å². The monoisotopic (exact) mass is 317 g/mol. The summed E-state index contributed by atoms with van der Waals surface area (Å²) in [5.41, 5.74) is -0.0538. The van der Waals surface area contributed by atoms with Crippen LogP contribution in [0.5, 0.6) is 11.5 Å². The fourth-order valence-electron chi connectivity index (χ4n) is 1.70. The first kappa shape index (κ1) is 13.1. The highest BCUT2D eigenvalue weighted by atomic mass is 79.9. The molecule has 1 aromatic rings. The lowest BCUT2D eigenvalue weighted by Crippen LogP contribution is -2.16. The lowest BCUT2D eigenvalue weighted by atomic mass is 10.2. The summed E-state index contributed by atoms with van der Waals surface area (Å²) in [6.07, 6.45) is 0.768. The Morgan fingerprint density at radius 1 is 1.50 bits per heavy atom. The van der Waals surface area contributed by atoms with Crippen LogP contribution < -0.4 is 9.47 Å². The molecule has 0 N–H and O–H groups in total. The van der Waals surface area contributed by atoms with Crippen molar-refractivity contribution in [3.63, 3.8) is 0 Å². The second-order valence-corrected chi connectivity index (χ2v) is 4.67. The van der Waals surface area contributed by atoms with Crippen LogP contribution in [0.15, 0.2) is 16.6 Å². The first-order chi connectivity index (χ1) is 8.61. The summed E-state index contributed by atoms with van der Waals surface area (Å²) in [5, 5.41) is 10.8. The molecule has 0 saturated carbocycles. The van der Waals surface area contributed by atoms with Gasteiger partial charge in [0.1, 0.15) is 6.10 Å². The van der Waals surface area contributed by atoms with E-state index < -0.39 is 4.92 Å². The van der Waals surface area contributed by atoms with Crippen LogP contribution in [0.3, 0.4) is 0 Å². The quantitative estimate of drug-likeness (QED) is 0.630. The number of rotatable bonds is 4. The average molecular weight is 318 g/mol. The van der Waals surface area contributed by atoms with Crippen LogP contribution in [0.4, 0.5) is 5.69 Å². The molecule has 0 spiro atoms. The normalized spacial score (nSPS) is 18.7. The van der Waals surface area contributed by atoms with Crippen molar-refractivity contribution in [3.8, 4) is 11.5 Å². The molecule has 0 amide bonds. The Balaban J connectivity index is 2.28. The van der Waals surface area contributed by atoms with Gasteiger partial charge in [-0.25, -0.2) is 0 Å². The SMILES string of the molecule is COc1cc([N+](=O)[O-])c(Br)cc1OC1CCOC1. The van der Waals surface area contributed by atoms with Crippen molar-refractivity contribution in [2.24, 2.45) is 0 Å². The van der Waals surface area contributed by atoms with Crippen molar-refractivity contribution in [2.45, 2.75) is 12.5 Å². The summed E-state index contributed by atoms with van der Waals surface area (Å²) in [6.45, 7) is 1.19. The summed E-state index contributed by atoms with van der Waals surface area (Å²) < 4.78 is 16.4. The molecule has 0 bridgehead atoms. The Morgan fingerprint density at radius 2 is 2.28 bits per heavy atom. The molecule has 0 radical (unpaired) electrons. The summed E-state index contributed by atoms with van der Waals surface area (Å²) in [6, 6.07) is 2.89. The third-order valence-electron chi connectivity index (χ3n) is 2.61. The lowest BCUT2D eigenvalue weighted by molar-refractivity contribution is -0.385. The van der Waals surface area contributed by atoms with E-state index in [1.165, 1.54) is 13.2 Å². The van der Waals surface area contributed by atoms with Crippen molar-refractivity contribution in [1.82, 2.24) is 0 Å². The van der Waals surface area contributed by atoms with Crippen LogP contribution in [-0.2, 0) is 4.74 Å². The summed E-state index contributed by atoms with van der Waals surface area (Å²) in [7, 11) is 1.45. The predicted octanol–water partition coefficient (Wildman–Crippen LogP) is 2.53. The van der Waals surface area contributed by atoms with Gasteiger partial charge in [-0.15, -0.1) is 0 Å². The number of hydrogen-bond donors (Lipinski definition) is 0. The van der Waals surface area contributed by atoms with Crippen LogP contribution in [0.2, 0.25) is 0 Å². The van der Waals surface area contributed by atoms with Gasteiger partial charge in [0.05, 0.1) is 35.8 Å². The van der Waals surface area contributed by atoms with Gasteiger partial charge in [-0.05, 0) is 15.9 Å². The maximum atomic E-state index is 10.8. The molecule has 2 rings (SSSR count). The number of halogens is 1. The number of methoxy groups -OCH3 is 1. The minimum atomic E-state index is -0.477. The molecule has 1 aromatic carbocycles. The van der Waals surface area contributed by atoms with E-state index in [-0.39, 0.29) is 11.8 Å². The van der Waals surface area contributed by atoms with Gasteiger partial charge in [0.2, 0.25) is 0 Å². The van der Waals surface area contributed by atoms with Gasteiger partial charge in [-0.2, -0.15) is 0 Å². The lowest BCUT2D eigenvalue weighted by Gasteiger charge is -2.15. The summed E-state index contributed by atoms with van der Waals surface area (Å²) in [5.74, 6) is 0.822. The van der Waals surface area contributed by atoms with E-state index in [2.05, 4.69) is 15.9 Å². The highest BCUT2D eigenvalue weighted by Gasteiger charge is 2.22. The van der Waals surface area contributed by atoms with Crippen molar-refractivity contribution >= 4 is 21.6 Å². The minimum absolute atomic E-state index is 0.0349. The van der Waals surface area contributed by atoms with Crippen molar-refractivity contribution < 1.29 is 19.1 Å². The molecular formula is C11H12BrNO5. The molecule has 1 aliphatic rings. The maximum absolute atomic E-state index is 10.8. The van der Waals surface area contributed by atoms with E-state index in [0.717, 1.165) is 6.42 Å². The minimum Gasteiger partial charge on any atom is -0.493 e. The first-order valence-corrected chi connectivity index (χ1v) is 6.17. The standard InChI is InChI=1S/C11H12BrNO5/c1-16-10-5-9(13(14)15)8(12)4-11(10)18-7-2-3-17-6-7/h4-5,7H,2-3,6H2,1H3. The second kappa shape index (κ2) is 5.53. The number of nitro groups is 1. The number of hydrogen-bond acceptors (Lipinski definition) is 5. The Morgan fingerprint density at radius 3 is 2.83 bits per heavy atom. The van der Waals surface area contributed by atoms with E-state index in [9.17, 15) is 10.1 Å². The Labute approximate surface area is 112 Å². The zero-order chi connectivity index (χ0) is 13.1. The van der Waals surface area contributed by atoms with Crippen molar-refractivity contribution in [2.75, 3.05) is 20.3 Å². The first-order valence-electron chi connectivity index (χ1n) is 5.38. The van der Waals surface area contributed by atoms with Gasteiger partial charge in [-0.3, -0.25) is 10.1 Å². The van der Waals surface area contributed by atoms with Gasteiger partial charge in [0, 0.05) is 12.5 Å². The highest BCUT2D eigenvalue weighted by molar-refractivity contribution is 9.10. The number of nitrogens with zero attached hydrogens (tertiary/aromatic N) is 1. The zero-order valence-corrected chi connectivity index (χ0v) is 11.3. The number of nitro benzene ring substituents is 1. The molecule has 1 unspecified atom stereocenters. The van der Waals surface area contributed by atoms with E-state index in [0.29, 0.717) is 29.2 Å². The second-order valence-electron chi connectivity index (χ2n) is 3.82. The topological polar surface area (TPSA) is 70.8 Å². The fraction of sp³-hybridized carbons (Fsp3) is 0.455. The van der Waals surface area contributed by atoms with Gasteiger partial charge in [0.15, 0.2) is 11.5 Å². The predicted molar refractivity (Wildman–Crippen MR) is 67.2 cm³/mol. The smallest absolute Gasteiger partial charge is 0.287 e. The molecule has 1 atom stereocenters. The van der Waals surface area contributed by atoms with E-state index >= 15 is 0 Å². The number of ether oxygens (including phenoxy) is 3. The van der Waals surface area contributed by atoms with E-state index in [1.807, 2.05) is 0 Å². The van der Waals surface area contributed by atoms with Crippen LogP contribution in [-0.4, -0.2) is 31.4 Å². The highest BCUT2D eigenvalue weighted by Crippen LogP contribution is 2.38. The van der Waals surface area contributed by atoms with Crippen LogP contribution >= 0.6 is 15.9 Å². The third kappa shape index (κ3) is 2.73. The molecule has 1 fully saturated rings. The Bertz CT molecular complexity index is 459. The molecule has 1 saturated heterocycles. The summed E-state index contributed by atoms with van der Waals surface area (Å²) in [4.78, 5) is 10.3. The van der Waals surface area contributed by atoms with Gasteiger partial charge in [-0.1, -0.05) is 0 Å². The molecule has 6 nitrogen and oxygen atoms in total. The fourth-order valence-corrected chi connectivity index (χ4v) is 2.17. The molecule has 0 aliphatic carbocycles. The van der Waals surface area contributed by atoms with Crippen LogP contribution in [0.1, 0.15) is 6.42 Å². The molecule has 0 aromatic heterocycles. The molecule has 1 aliphatic heterocycles.